The third-order valence-electron chi connectivity index (χ3n) is 5.45. The van der Waals surface area contributed by atoms with Gasteiger partial charge in [0.25, 0.3) is 0 Å². The molecule has 2 aromatic rings. The van der Waals surface area contributed by atoms with E-state index >= 15 is 0 Å². The minimum Gasteiger partial charge on any atom is -0.362 e. The summed E-state index contributed by atoms with van der Waals surface area (Å²) >= 11 is 0. The zero-order chi connectivity index (χ0) is 17.3. The number of rotatable bonds is 5. The van der Waals surface area contributed by atoms with Crippen LogP contribution in [0.25, 0.3) is 0 Å². The van der Waals surface area contributed by atoms with Gasteiger partial charge in [-0.05, 0) is 55.0 Å². The Morgan fingerprint density at radius 1 is 1.16 bits per heavy atom. The van der Waals surface area contributed by atoms with E-state index in [4.69, 9.17) is 0 Å². The average molecular weight is 338 g/mol. The maximum Gasteiger partial charge on any atom is 0.239 e. The predicted molar refractivity (Wildman–Crippen MR) is 97.3 cm³/mol. The van der Waals surface area contributed by atoms with Gasteiger partial charge >= 0.3 is 0 Å². The van der Waals surface area contributed by atoms with Crippen LogP contribution >= 0.6 is 0 Å². The van der Waals surface area contributed by atoms with Crippen LogP contribution in [-0.4, -0.2) is 25.5 Å². The number of hydrogen-bond acceptors (Lipinski definition) is 2. The highest BCUT2D eigenvalue weighted by molar-refractivity contribution is 5.82. The van der Waals surface area contributed by atoms with E-state index in [1.54, 1.807) is 12.1 Å². The summed E-state index contributed by atoms with van der Waals surface area (Å²) in [4.78, 5) is 14.5. The zero-order valence-corrected chi connectivity index (χ0v) is 14.3. The van der Waals surface area contributed by atoms with Crippen LogP contribution < -0.4 is 10.2 Å². The third-order valence-corrected chi connectivity index (χ3v) is 5.45. The molecule has 1 heterocycles. The number of amides is 1. The molecule has 0 aromatic heterocycles. The number of hydrogen-bond donors (Lipinski definition) is 1. The smallest absolute Gasteiger partial charge is 0.239 e. The quantitative estimate of drug-likeness (QED) is 0.906. The van der Waals surface area contributed by atoms with E-state index in [1.807, 2.05) is 6.07 Å². The van der Waals surface area contributed by atoms with Crippen LogP contribution in [0.15, 0.2) is 48.5 Å². The first-order valence-corrected chi connectivity index (χ1v) is 9.02. The molecule has 1 aliphatic heterocycles. The molecule has 1 fully saturated rings. The Bertz CT molecular complexity index is 771. The molecule has 1 saturated carbocycles. The van der Waals surface area contributed by atoms with E-state index < -0.39 is 0 Å². The number of halogens is 1. The largest absolute Gasteiger partial charge is 0.362 e. The summed E-state index contributed by atoms with van der Waals surface area (Å²) in [6.07, 6.45) is 4.09. The van der Waals surface area contributed by atoms with Gasteiger partial charge in [-0.2, -0.15) is 0 Å². The van der Waals surface area contributed by atoms with E-state index in [2.05, 4.69) is 34.5 Å². The first-order valence-electron chi connectivity index (χ1n) is 9.02. The number of aryl methyl sites for hydroxylation is 1. The lowest BCUT2D eigenvalue weighted by Crippen LogP contribution is -2.42. The lowest BCUT2D eigenvalue weighted by molar-refractivity contribution is -0.119. The van der Waals surface area contributed by atoms with Gasteiger partial charge in [0, 0.05) is 24.2 Å². The van der Waals surface area contributed by atoms with Crippen molar-refractivity contribution < 1.29 is 9.18 Å². The van der Waals surface area contributed by atoms with Gasteiger partial charge in [0.05, 0.1) is 6.54 Å². The molecule has 0 spiro atoms. The van der Waals surface area contributed by atoms with Crippen LogP contribution in [0.1, 0.15) is 30.4 Å². The fraction of sp³-hybridized carbons (Fsp3) is 0.381. The van der Waals surface area contributed by atoms with Crippen molar-refractivity contribution in [1.82, 2.24) is 5.32 Å². The molecule has 0 atom stereocenters. The maximum atomic E-state index is 13.4. The molecule has 1 aliphatic carbocycles. The summed E-state index contributed by atoms with van der Waals surface area (Å²) in [6, 6.07) is 15.3. The Morgan fingerprint density at radius 2 is 1.96 bits per heavy atom. The van der Waals surface area contributed by atoms with Crippen molar-refractivity contribution in [3.8, 4) is 0 Å². The van der Waals surface area contributed by atoms with Crippen LogP contribution in [0, 0.1) is 5.82 Å². The van der Waals surface area contributed by atoms with Crippen molar-refractivity contribution >= 4 is 11.6 Å². The molecule has 4 heteroatoms. The highest BCUT2D eigenvalue weighted by Gasteiger charge is 2.44. The van der Waals surface area contributed by atoms with E-state index in [0.29, 0.717) is 13.1 Å². The lowest BCUT2D eigenvalue weighted by atomic mass is 9.96. The molecule has 1 N–H and O–H groups in total. The summed E-state index contributed by atoms with van der Waals surface area (Å²) in [5.74, 6) is -0.164. The maximum absolute atomic E-state index is 13.4. The van der Waals surface area contributed by atoms with E-state index in [0.717, 1.165) is 43.5 Å². The van der Waals surface area contributed by atoms with Gasteiger partial charge < -0.3 is 10.2 Å². The molecule has 0 unspecified atom stereocenters. The Balaban J connectivity index is 1.38. The Morgan fingerprint density at radius 3 is 2.72 bits per heavy atom. The molecule has 2 aliphatic rings. The van der Waals surface area contributed by atoms with Crippen molar-refractivity contribution in [1.29, 1.82) is 0 Å². The number of benzene rings is 2. The first kappa shape index (κ1) is 16.1. The molecule has 1 amide bonds. The molecule has 4 rings (SSSR count). The van der Waals surface area contributed by atoms with Gasteiger partial charge in [0.2, 0.25) is 5.91 Å². The topological polar surface area (TPSA) is 32.3 Å². The highest BCUT2D eigenvalue weighted by Crippen LogP contribution is 2.47. The SMILES string of the molecule is O=C(CN1CCCc2cc(F)ccc21)NCC1(c2ccccc2)CC1. The summed E-state index contributed by atoms with van der Waals surface area (Å²) in [5.41, 5.74) is 3.43. The minimum atomic E-state index is -0.205. The van der Waals surface area contributed by atoms with Gasteiger partial charge in [0.15, 0.2) is 0 Å². The highest BCUT2D eigenvalue weighted by atomic mass is 19.1. The Labute approximate surface area is 147 Å². The Kier molecular flexibility index (Phi) is 4.20. The number of anilines is 1. The van der Waals surface area contributed by atoms with Crippen molar-refractivity contribution in [3.63, 3.8) is 0 Å². The molecule has 0 bridgehead atoms. The number of nitrogens with one attached hydrogen (secondary N) is 1. The third kappa shape index (κ3) is 3.39. The predicted octanol–water partition coefficient (Wildman–Crippen LogP) is 3.43. The van der Waals surface area contributed by atoms with Crippen LogP contribution in [0.5, 0.6) is 0 Å². The van der Waals surface area contributed by atoms with Crippen molar-refractivity contribution in [3.05, 3.63) is 65.5 Å². The Hall–Kier alpha value is -2.36. The second-order valence-corrected chi connectivity index (χ2v) is 7.22. The monoisotopic (exact) mass is 338 g/mol. The summed E-state index contributed by atoms with van der Waals surface area (Å²) in [6.45, 7) is 1.87. The van der Waals surface area contributed by atoms with Crippen LogP contribution in [-0.2, 0) is 16.6 Å². The van der Waals surface area contributed by atoms with Gasteiger partial charge in [0.1, 0.15) is 5.82 Å². The van der Waals surface area contributed by atoms with Gasteiger partial charge in [-0.25, -0.2) is 4.39 Å². The number of carbonyl (C=O) groups excluding carboxylic acids is 1. The number of nitrogens with zero attached hydrogens (tertiary/aromatic N) is 1. The number of fused-ring (bicyclic) bond motifs is 1. The van der Waals surface area contributed by atoms with E-state index in [9.17, 15) is 9.18 Å². The average Bonchev–Trinajstić information content (AvgIpc) is 3.42. The summed E-state index contributed by atoms with van der Waals surface area (Å²) in [7, 11) is 0. The standard InChI is InChI=1S/C21H23FN2O/c22-18-8-9-19-16(13-18)5-4-12-24(19)14-20(25)23-15-21(10-11-21)17-6-2-1-3-7-17/h1-3,6-9,13H,4-5,10-12,14-15H2,(H,23,25). The molecule has 0 saturated heterocycles. The number of carbonyl (C=O) groups is 1. The van der Waals surface area contributed by atoms with Crippen LogP contribution in [0.2, 0.25) is 0 Å². The summed E-state index contributed by atoms with van der Waals surface area (Å²) in [5, 5.41) is 3.12. The van der Waals surface area contributed by atoms with Crippen LogP contribution in [0.3, 0.4) is 0 Å². The van der Waals surface area contributed by atoms with E-state index in [-0.39, 0.29) is 17.1 Å². The van der Waals surface area contributed by atoms with E-state index in [1.165, 1.54) is 11.6 Å². The zero-order valence-electron chi connectivity index (χ0n) is 14.3. The molecule has 2 aromatic carbocycles. The molecule has 25 heavy (non-hydrogen) atoms. The molecular weight excluding hydrogens is 315 g/mol. The van der Waals surface area contributed by atoms with Gasteiger partial charge in [-0.3, -0.25) is 4.79 Å². The van der Waals surface area contributed by atoms with Gasteiger partial charge in [-0.15, -0.1) is 0 Å². The summed E-state index contributed by atoms with van der Waals surface area (Å²) < 4.78 is 13.4. The minimum absolute atomic E-state index is 0.0411. The van der Waals surface area contributed by atoms with Crippen molar-refractivity contribution in [2.24, 2.45) is 0 Å². The molecular formula is C21H23FN2O. The van der Waals surface area contributed by atoms with Gasteiger partial charge in [-0.1, -0.05) is 30.3 Å². The second-order valence-electron chi connectivity index (χ2n) is 7.22. The molecule has 3 nitrogen and oxygen atoms in total. The van der Waals surface area contributed by atoms with Crippen molar-refractivity contribution in [2.45, 2.75) is 31.1 Å². The fourth-order valence-electron chi connectivity index (χ4n) is 3.82. The normalized spacial score (nSPS) is 17.7. The molecule has 0 radical (unpaired) electrons. The van der Waals surface area contributed by atoms with Crippen LogP contribution in [0.4, 0.5) is 10.1 Å². The first-order chi connectivity index (χ1) is 12.2. The lowest BCUT2D eigenvalue weighted by Gasteiger charge is -2.31. The molecule has 130 valence electrons. The fourth-order valence-corrected chi connectivity index (χ4v) is 3.82. The second kappa shape index (κ2) is 6.51. The van der Waals surface area contributed by atoms with Crippen molar-refractivity contribution in [2.75, 3.05) is 24.5 Å².